The van der Waals surface area contributed by atoms with Crippen molar-refractivity contribution in [3.63, 3.8) is 0 Å². The number of nitrogens with zero attached hydrogens (tertiary/aromatic N) is 2. The molecule has 0 aliphatic carbocycles. The Balaban J connectivity index is 0.000000254. The first-order chi connectivity index (χ1) is 27.4. The van der Waals surface area contributed by atoms with Crippen LogP contribution in [0, 0.1) is 19.8 Å². The van der Waals surface area contributed by atoms with E-state index in [4.69, 9.17) is 20.3 Å². The van der Waals surface area contributed by atoms with Gasteiger partial charge in [-0.3, -0.25) is 14.6 Å². The number of carbonyl (C=O) groups is 2. The van der Waals surface area contributed by atoms with E-state index in [1.165, 1.54) is 33.4 Å². The number of benzene rings is 4. The van der Waals surface area contributed by atoms with Gasteiger partial charge in [-0.05, 0) is 141 Å². The molecule has 0 radical (unpaired) electrons. The monoisotopic (exact) mass is 794 g/mol. The second-order valence-corrected chi connectivity index (χ2v) is 16.3. The van der Waals surface area contributed by atoms with E-state index < -0.39 is 5.97 Å². The zero-order valence-corrected chi connectivity index (χ0v) is 35.3. The van der Waals surface area contributed by atoms with Crippen LogP contribution in [0.3, 0.4) is 0 Å². The Morgan fingerprint density at radius 2 is 1.03 bits per heavy atom. The first-order valence-corrected chi connectivity index (χ1v) is 20.8. The average molecular weight is 794 g/mol. The molecule has 0 bridgehead atoms. The summed E-state index contributed by atoms with van der Waals surface area (Å²) < 4.78 is 10.7. The van der Waals surface area contributed by atoms with Gasteiger partial charge in [0.1, 0.15) is 18.1 Å². The van der Waals surface area contributed by atoms with Gasteiger partial charge in [-0.2, -0.15) is 0 Å². The van der Waals surface area contributed by atoms with Crippen LogP contribution in [0.4, 0.5) is 0 Å². The maximum Gasteiger partial charge on any atom is 0.341 e. The predicted molar refractivity (Wildman–Crippen MR) is 239 cm³/mol. The van der Waals surface area contributed by atoms with Crippen LogP contribution in [-0.4, -0.2) is 72.1 Å². The van der Waals surface area contributed by atoms with Crippen molar-refractivity contribution in [3.8, 4) is 11.5 Å². The first kappa shape index (κ1) is 47.9. The second-order valence-electron chi connectivity index (χ2n) is 16.3. The lowest BCUT2D eigenvalue weighted by Crippen LogP contribution is -2.39. The molecule has 0 aromatic heterocycles. The summed E-state index contributed by atoms with van der Waals surface area (Å²) in [6.07, 6.45) is 5.13. The van der Waals surface area contributed by atoms with Gasteiger partial charge in [-0.1, -0.05) is 108 Å². The highest BCUT2D eigenvalue weighted by atomic mass is 16.5. The fourth-order valence-electron chi connectivity index (χ4n) is 7.10. The summed E-state index contributed by atoms with van der Waals surface area (Å²) in [6.45, 7) is 19.4. The highest BCUT2D eigenvalue weighted by Crippen LogP contribution is 2.24. The predicted octanol–water partition coefficient (Wildman–Crippen LogP) is 10.2. The summed E-state index contributed by atoms with van der Waals surface area (Å²) in [4.78, 5) is 27.6. The summed E-state index contributed by atoms with van der Waals surface area (Å²) >= 11 is 0. The Labute approximate surface area is 349 Å². The minimum absolute atomic E-state index is 0. The molecule has 8 heteroatoms. The van der Waals surface area contributed by atoms with Crippen LogP contribution in [-0.2, 0) is 22.7 Å². The third-order valence-corrected chi connectivity index (χ3v) is 11.0. The summed E-state index contributed by atoms with van der Waals surface area (Å²) in [5.74, 6) is 2.11. The van der Waals surface area contributed by atoms with Crippen molar-refractivity contribution >= 4 is 11.8 Å². The molecule has 58 heavy (non-hydrogen) atoms. The number of nitrogens with two attached hydrogens (primary N) is 1. The fourth-order valence-corrected chi connectivity index (χ4v) is 7.10. The van der Waals surface area contributed by atoms with Crippen LogP contribution < -0.4 is 15.2 Å². The molecular formula is C50H71N3O5. The lowest BCUT2D eigenvalue weighted by atomic mass is 9.91. The van der Waals surface area contributed by atoms with Crippen LogP contribution >= 0.6 is 0 Å². The number of ether oxygens (including phenoxy) is 2. The Bertz CT molecular complexity index is 1770. The molecule has 0 saturated carbocycles. The number of aryl methyl sites for hydroxylation is 2. The third-order valence-electron chi connectivity index (χ3n) is 11.0. The molecule has 6 rings (SSSR count). The van der Waals surface area contributed by atoms with Crippen LogP contribution in [0.15, 0.2) is 97.1 Å². The van der Waals surface area contributed by atoms with E-state index in [0.29, 0.717) is 36.0 Å². The normalized spacial score (nSPS) is 15.1. The van der Waals surface area contributed by atoms with Gasteiger partial charge in [0.15, 0.2) is 12.4 Å². The molecule has 0 unspecified atom stereocenters. The van der Waals surface area contributed by atoms with Crippen molar-refractivity contribution in [1.29, 1.82) is 0 Å². The van der Waals surface area contributed by atoms with Gasteiger partial charge in [0.2, 0.25) is 0 Å². The van der Waals surface area contributed by atoms with E-state index in [1.807, 2.05) is 24.3 Å². The maximum absolute atomic E-state index is 12.3. The van der Waals surface area contributed by atoms with Crippen molar-refractivity contribution in [2.45, 2.75) is 112 Å². The molecule has 2 saturated heterocycles. The Hall–Kier alpha value is -4.50. The lowest BCUT2D eigenvalue weighted by Gasteiger charge is -2.32. The molecule has 0 atom stereocenters. The lowest BCUT2D eigenvalue weighted by molar-refractivity contribution is -0.139. The second kappa shape index (κ2) is 25.1. The van der Waals surface area contributed by atoms with E-state index >= 15 is 0 Å². The van der Waals surface area contributed by atoms with Crippen molar-refractivity contribution in [2.24, 2.45) is 11.7 Å². The summed E-state index contributed by atoms with van der Waals surface area (Å²) in [7, 11) is 0. The topological polar surface area (TPSA) is 105 Å². The van der Waals surface area contributed by atoms with Crippen molar-refractivity contribution in [2.75, 3.05) is 39.4 Å². The number of ketones is 1. The minimum Gasteiger partial charge on any atom is -0.486 e. The third kappa shape index (κ3) is 17.2. The van der Waals surface area contributed by atoms with Crippen LogP contribution in [0.2, 0.25) is 0 Å². The minimum atomic E-state index is -0.960. The number of piperidine rings is 2. The number of hydrogen-bond acceptors (Lipinski definition) is 7. The largest absolute Gasteiger partial charge is 0.486 e. The standard InChI is InChI=1S/C25H33NO2.C13H20N2.C11H14O3.CH4/c1-19(2)22-8-10-25(11-9-22)28-18-24(27)16-21-12-14-26(15-13-21)17-23-7-5-4-6-20(23)3;1-11-4-2-3-5-12(11)10-15-8-6-13(14)7-9-15;1-8(2)9-3-5-10(6-4-9)14-7-11(12)13;/h4-11,19,21H,12-18H2,1-3H3;2-5,13H,6-10,14H2,1H3;3-6,8H,7H2,1-2H3,(H,12,13);1H4. The molecule has 0 amide bonds. The molecule has 2 heterocycles. The van der Waals surface area contributed by atoms with Gasteiger partial charge in [0, 0.05) is 25.6 Å². The summed E-state index contributed by atoms with van der Waals surface area (Å²) in [6, 6.07) is 33.2. The molecule has 3 N–H and O–H groups in total. The SMILES string of the molecule is C.CC(C)c1ccc(OCC(=O)O)cc1.Cc1ccccc1CN1CCC(CC(=O)COc2ccc(C(C)C)cc2)CC1.Cc1ccccc1CN1CCC(N)CC1. The number of carboxylic acid groups (broad SMARTS) is 1. The number of carbonyl (C=O) groups excluding carboxylic acids is 1. The van der Waals surface area contributed by atoms with Gasteiger partial charge in [-0.15, -0.1) is 0 Å². The van der Waals surface area contributed by atoms with Gasteiger partial charge < -0.3 is 20.3 Å². The van der Waals surface area contributed by atoms with Gasteiger partial charge >= 0.3 is 5.97 Å². The molecule has 4 aromatic carbocycles. The molecule has 2 fully saturated rings. The van der Waals surface area contributed by atoms with Crippen LogP contribution in [0.25, 0.3) is 0 Å². The van der Waals surface area contributed by atoms with Gasteiger partial charge in [0.25, 0.3) is 0 Å². The Morgan fingerprint density at radius 1 is 0.638 bits per heavy atom. The molecule has 8 nitrogen and oxygen atoms in total. The fraction of sp³-hybridized carbons (Fsp3) is 0.480. The molecule has 0 spiro atoms. The molecular weight excluding hydrogens is 723 g/mol. The van der Waals surface area contributed by atoms with Crippen molar-refractivity contribution in [3.05, 3.63) is 130 Å². The number of aliphatic carboxylic acids is 1. The molecule has 316 valence electrons. The van der Waals surface area contributed by atoms with Crippen molar-refractivity contribution in [1.82, 2.24) is 9.80 Å². The number of Topliss-reactive ketones (excluding diaryl/α,β-unsaturated/α-hetero) is 1. The number of carboxylic acids is 1. The van der Waals surface area contributed by atoms with E-state index in [2.05, 4.69) is 112 Å². The Kier molecular flexibility index (Phi) is 20.7. The van der Waals surface area contributed by atoms with E-state index in [-0.39, 0.29) is 26.4 Å². The Morgan fingerprint density at radius 3 is 1.43 bits per heavy atom. The highest BCUT2D eigenvalue weighted by Gasteiger charge is 2.22. The molecule has 4 aromatic rings. The maximum atomic E-state index is 12.3. The molecule has 2 aliphatic rings. The first-order valence-electron chi connectivity index (χ1n) is 20.8. The number of likely N-dealkylation sites (tertiary alicyclic amines) is 2. The number of rotatable bonds is 14. The summed E-state index contributed by atoms with van der Waals surface area (Å²) in [5, 5.41) is 8.39. The summed E-state index contributed by atoms with van der Waals surface area (Å²) in [5.41, 5.74) is 14.0. The van der Waals surface area contributed by atoms with Crippen LogP contribution in [0.5, 0.6) is 11.5 Å². The zero-order chi connectivity index (χ0) is 41.2. The van der Waals surface area contributed by atoms with Crippen molar-refractivity contribution < 1.29 is 24.2 Å². The zero-order valence-electron chi connectivity index (χ0n) is 35.3. The van der Waals surface area contributed by atoms with Gasteiger partial charge in [-0.25, -0.2) is 4.79 Å². The molecule has 2 aliphatic heterocycles. The van der Waals surface area contributed by atoms with Crippen LogP contribution in [0.1, 0.15) is 112 Å². The highest BCUT2D eigenvalue weighted by molar-refractivity contribution is 5.80. The quantitative estimate of drug-likeness (QED) is 0.130. The number of hydrogen-bond donors (Lipinski definition) is 2. The smallest absolute Gasteiger partial charge is 0.341 e. The van der Waals surface area contributed by atoms with Gasteiger partial charge in [0.05, 0.1) is 0 Å². The van der Waals surface area contributed by atoms with E-state index in [1.54, 1.807) is 12.1 Å². The van der Waals surface area contributed by atoms with E-state index in [0.717, 1.165) is 70.7 Å². The average Bonchev–Trinajstić information content (AvgIpc) is 3.20. The van der Waals surface area contributed by atoms with E-state index in [9.17, 15) is 9.59 Å².